The molecule has 9 heteroatoms. The van der Waals surface area contributed by atoms with Crippen LogP contribution in [0.5, 0.6) is 0 Å². The normalized spacial score (nSPS) is 18.5. The quantitative estimate of drug-likeness (QED) is 0.564. The molecule has 0 unspecified atom stereocenters. The number of anilines is 1. The maximum atomic E-state index is 12.0. The Hall–Kier alpha value is -2.68. The summed E-state index contributed by atoms with van der Waals surface area (Å²) in [6.45, 7) is 5.84. The second-order valence-corrected chi connectivity index (χ2v) is 9.33. The Bertz CT molecular complexity index is 993. The van der Waals surface area contributed by atoms with Gasteiger partial charge >= 0.3 is 0 Å². The molecule has 0 spiro atoms. The van der Waals surface area contributed by atoms with Gasteiger partial charge in [-0.25, -0.2) is 13.8 Å². The molecule has 0 saturated carbocycles. The van der Waals surface area contributed by atoms with Crippen molar-refractivity contribution < 1.29 is 13.2 Å². The van der Waals surface area contributed by atoms with Crippen LogP contribution in [0.15, 0.2) is 29.4 Å². The summed E-state index contributed by atoms with van der Waals surface area (Å²) in [7, 11) is -2.98. The molecule has 1 aromatic heterocycles. The van der Waals surface area contributed by atoms with E-state index < -0.39 is 9.84 Å². The SMILES string of the molecule is Cc1ccc(NCC(=O)N/N=C\c2c(C)nn([C@@H]3CCS(=O)(=O)C3)c2C)cc1. The van der Waals surface area contributed by atoms with Crippen LogP contribution in [0.2, 0.25) is 0 Å². The molecule has 1 aliphatic heterocycles. The van der Waals surface area contributed by atoms with Crippen molar-refractivity contribution in [2.45, 2.75) is 33.2 Å². The van der Waals surface area contributed by atoms with E-state index in [9.17, 15) is 13.2 Å². The van der Waals surface area contributed by atoms with Gasteiger partial charge in [0.15, 0.2) is 9.84 Å². The molecule has 28 heavy (non-hydrogen) atoms. The van der Waals surface area contributed by atoms with Crippen LogP contribution in [0.4, 0.5) is 5.69 Å². The number of sulfone groups is 1. The van der Waals surface area contributed by atoms with Gasteiger partial charge in [-0.1, -0.05) is 17.7 Å². The number of nitrogens with one attached hydrogen (secondary N) is 2. The molecular formula is C19H25N5O3S. The summed E-state index contributed by atoms with van der Waals surface area (Å²) in [6.07, 6.45) is 2.13. The van der Waals surface area contributed by atoms with E-state index in [1.54, 1.807) is 10.9 Å². The number of hydrogen-bond acceptors (Lipinski definition) is 6. The zero-order chi connectivity index (χ0) is 20.3. The molecule has 1 atom stereocenters. The standard InChI is InChI=1S/C19H25N5O3S/c1-13-4-6-16(7-5-13)20-11-19(25)22-21-10-18-14(2)23-24(15(18)3)17-8-9-28(26,27)12-17/h4-7,10,17,20H,8-9,11-12H2,1-3H3,(H,22,25)/b21-10-/t17-/m1/s1. The van der Waals surface area contributed by atoms with Gasteiger partial charge in [-0.15, -0.1) is 0 Å². The van der Waals surface area contributed by atoms with Crippen molar-refractivity contribution in [3.05, 3.63) is 46.8 Å². The number of hydrazone groups is 1. The zero-order valence-electron chi connectivity index (χ0n) is 16.3. The number of amides is 1. The first-order chi connectivity index (χ1) is 13.2. The van der Waals surface area contributed by atoms with Gasteiger partial charge in [-0.2, -0.15) is 10.2 Å². The van der Waals surface area contributed by atoms with Crippen molar-refractivity contribution in [2.75, 3.05) is 23.4 Å². The first-order valence-corrected chi connectivity index (χ1v) is 11.0. The molecule has 2 aromatic rings. The Morgan fingerprint density at radius 2 is 2.00 bits per heavy atom. The number of aryl methyl sites for hydroxylation is 2. The van der Waals surface area contributed by atoms with Crippen molar-refractivity contribution in [3.8, 4) is 0 Å². The second kappa shape index (κ2) is 8.14. The molecular weight excluding hydrogens is 378 g/mol. The van der Waals surface area contributed by atoms with Crippen molar-refractivity contribution >= 4 is 27.6 Å². The molecule has 0 radical (unpaired) electrons. The zero-order valence-corrected chi connectivity index (χ0v) is 17.1. The first-order valence-electron chi connectivity index (χ1n) is 9.14. The van der Waals surface area contributed by atoms with E-state index in [1.165, 1.54) is 0 Å². The molecule has 1 saturated heterocycles. The minimum atomic E-state index is -2.98. The van der Waals surface area contributed by atoms with Gasteiger partial charge in [0.25, 0.3) is 5.91 Å². The van der Waals surface area contributed by atoms with E-state index in [0.29, 0.717) is 6.42 Å². The molecule has 8 nitrogen and oxygen atoms in total. The van der Waals surface area contributed by atoms with E-state index in [1.807, 2.05) is 45.0 Å². The molecule has 1 fully saturated rings. The summed E-state index contributed by atoms with van der Waals surface area (Å²) in [4.78, 5) is 12.0. The maximum Gasteiger partial charge on any atom is 0.259 e. The van der Waals surface area contributed by atoms with Crippen LogP contribution in [0.25, 0.3) is 0 Å². The predicted octanol–water partition coefficient (Wildman–Crippen LogP) is 1.73. The molecule has 1 amide bonds. The highest BCUT2D eigenvalue weighted by molar-refractivity contribution is 7.91. The summed E-state index contributed by atoms with van der Waals surface area (Å²) in [6, 6.07) is 7.63. The van der Waals surface area contributed by atoms with Gasteiger partial charge in [0.1, 0.15) is 0 Å². The fourth-order valence-corrected chi connectivity index (χ4v) is 4.94. The lowest BCUT2D eigenvalue weighted by molar-refractivity contribution is -0.119. The van der Waals surface area contributed by atoms with Crippen LogP contribution in [0.1, 0.15) is 35.0 Å². The minimum absolute atomic E-state index is 0.109. The lowest BCUT2D eigenvalue weighted by Gasteiger charge is -2.10. The Balaban J connectivity index is 1.58. The van der Waals surface area contributed by atoms with E-state index in [4.69, 9.17) is 0 Å². The van der Waals surface area contributed by atoms with Crippen LogP contribution >= 0.6 is 0 Å². The Kier molecular flexibility index (Phi) is 5.83. The van der Waals surface area contributed by atoms with Gasteiger partial charge in [-0.05, 0) is 39.3 Å². The fourth-order valence-electron chi connectivity index (χ4n) is 3.25. The Morgan fingerprint density at radius 1 is 1.29 bits per heavy atom. The van der Waals surface area contributed by atoms with Gasteiger partial charge in [0.05, 0.1) is 36.0 Å². The monoisotopic (exact) mass is 403 g/mol. The van der Waals surface area contributed by atoms with Crippen molar-refractivity contribution in [1.29, 1.82) is 0 Å². The highest BCUT2D eigenvalue weighted by Gasteiger charge is 2.31. The topological polar surface area (TPSA) is 105 Å². The lowest BCUT2D eigenvalue weighted by atomic mass is 10.2. The second-order valence-electron chi connectivity index (χ2n) is 7.10. The third-order valence-corrected chi connectivity index (χ3v) is 6.57. The van der Waals surface area contributed by atoms with Crippen molar-refractivity contribution in [3.63, 3.8) is 0 Å². The van der Waals surface area contributed by atoms with Crippen LogP contribution in [-0.2, 0) is 14.6 Å². The first kappa shape index (κ1) is 20.1. The largest absolute Gasteiger partial charge is 0.376 e. The predicted molar refractivity (Wildman–Crippen MR) is 109 cm³/mol. The van der Waals surface area contributed by atoms with Gasteiger partial charge in [-0.3, -0.25) is 9.48 Å². The number of hydrogen-bond donors (Lipinski definition) is 2. The molecule has 3 rings (SSSR count). The highest BCUT2D eigenvalue weighted by Crippen LogP contribution is 2.26. The highest BCUT2D eigenvalue weighted by atomic mass is 32.2. The van der Waals surface area contributed by atoms with Crippen LogP contribution in [-0.4, -0.2) is 48.4 Å². The third kappa shape index (κ3) is 4.78. The molecule has 0 bridgehead atoms. The molecule has 2 heterocycles. The molecule has 1 aliphatic rings. The van der Waals surface area contributed by atoms with Crippen molar-refractivity contribution in [2.24, 2.45) is 5.10 Å². The summed E-state index contributed by atoms with van der Waals surface area (Å²) >= 11 is 0. The smallest absolute Gasteiger partial charge is 0.259 e. The summed E-state index contributed by atoms with van der Waals surface area (Å²) in [5, 5.41) is 11.5. The summed E-state index contributed by atoms with van der Waals surface area (Å²) in [5.74, 6) is 0.0533. The number of carbonyl (C=O) groups excluding carboxylic acids is 1. The molecule has 1 aromatic carbocycles. The minimum Gasteiger partial charge on any atom is -0.376 e. The number of rotatable bonds is 6. The van der Waals surface area contributed by atoms with Gasteiger partial charge in [0.2, 0.25) is 0 Å². The summed E-state index contributed by atoms with van der Waals surface area (Å²) in [5.41, 5.74) is 6.89. The van der Waals surface area contributed by atoms with E-state index in [-0.39, 0.29) is 30.0 Å². The Morgan fingerprint density at radius 3 is 2.64 bits per heavy atom. The molecule has 2 N–H and O–H groups in total. The number of nitrogens with zero attached hydrogens (tertiary/aromatic N) is 3. The van der Waals surface area contributed by atoms with Crippen LogP contribution in [0, 0.1) is 20.8 Å². The van der Waals surface area contributed by atoms with E-state index in [0.717, 1.165) is 28.2 Å². The average Bonchev–Trinajstić information content (AvgIpc) is 3.14. The summed E-state index contributed by atoms with van der Waals surface area (Å²) < 4.78 is 25.2. The number of carbonyl (C=O) groups is 1. The average molecular weight is 404 g/mol. The fraction of sp³-hybridized carbons (Fsp3) is 0.421. The van der Waals surface area contributed by atoms with E-state index >= 15 is 0 Å². The third-order valence-electron chi connectivity index (χ3n) is 4.82. The van der Waals surface area contributed by atoms with Gasteiger partial charge in [0, 0.05) is 16.9 Å². The lowest BCUT2D eigenvalue weighted by Crippen LogP contribution is -2.25. The number of aromatic nitrogens is 2. The van der Waals surface area contributed by atoms with E-state index in [2.05, 4.69) is 20.9 Å². The molecule has 150 valence electrons. The van der Waals surface area contributed by atoms with Gasteiger partial charge < -0.3 is 5.32 Å². The van der Waals surface area contributed by atoms with Crippen molar-refractivity contribution in [1.82, 2.24) is 15.2 Å². The maximum absolute atomic E-state index is 12.0. The van der Waals surface area contributed by atoms with Crippen LogP contribution in [0.3, 0.4) is 0 Å². The molecule has 0 aliphatic carbocycles. The Labute approximate surface area is 164 Å². The number of benzene rings is 1. The van der Waals surface area contributed by atoms with Crippen LogP contribution < -0.4 is 10.7 Å².